The van der Waals surface area contributed by atoms with E-state index in [1.165, 1.54) is 6.20 Å². The Morgan fingerprint density at radius 1 is 0.972 bits per heavy atom. The van der Waals surface area contributed by atoms with E-state index < -0.39 is 17.5 Å². The van der Waals surface area contributed by atoms with Crippen LogP contribution in [0.25, 0.3) is 10.9 Å². The number of aromatic nitrogens is 1. The largest absolute Gasteiger partial charge is 0.497 e. The fourth-order valence-corrected chi connectivity index (χ4v) is 5.22. The van der Waals surface area contributed by atoms with Crippen LogP contribution in [0.2, 0.25) is 0 Å². The van der Waals surface area contributed by atoms with Crippen LogP contribution < -0.4 is 4.74 Å². The first kappa shape index (κ1) is 26.4. The first-order valence-electron chi connectivity index (χ1n) is 12.4. The van der Waals surface area contributed by atoms with E-state index in [1.54, 1.807) is 7.11 Å². The molecule has 4 nitrogen and oxygen atoms in total. The number of fused-ring (bicyclic) bond motifs is 1. The highest BCUT2D eigenvalue weighted by molar-refractivity contribution is 5.83. The standard InChI is InChI=1S/C28H32F4N2O2/c1-36-20-6-7-26-22(16-20)21(25(31)17-33-26)5-2-8-28(18-35)9-12-34(13-10-28)11-3-4-19-14-23(29)27(32)24(30)15-19/h6-7,14-17,35H,2-5,8-13,18H2,1H3. The van der Waals surface area contributed by atoms with Crippen LogP contribution in [0, 0.1) is 28.7 Å². The third kappa shape index (κ3) is 5.98. The maximum atomic E-state index is 14.6. The average molecular weight is 505 g/mol. The molecule has 4 rings (SSSR count). The lowest BCUT2D eigenvalue weighted by Crippen LogP contribution is -2.42. The summed E-state index contributed by atoms with van der Waals surface area (Å²) in [6, 6.07) is 7.55. The molecule has 2 aromatic carbocycles. The predicted octanol–water partition coefficient (Wildman–Crippen LogP) is 5.83. The van der Waals surface area contributed by atoms with E-state index in [4.69, 9.17) is 4.74 Å². The number of benzene rings is 2. The van der Waals surface area contributed by atoms with Crippen molar-refractivity contribution in [2.45, 2.75) is 44.9 Å². The smallest absolute Gasteiger partial charge is 0.194 e. The van der Waals surface area contributed by atoms with Gasteiger partial charge in [0.15, 0.2) is 17.5 Å². The molecule has 36 heavy (non-hydrogen) atoms. The van der Waals surface area contributed by atoms with Crippen LogP contribution in [0.4, 0.5) is 17.6 Å². The summed E-state index contributed by atoms with van der Waals surface area (Å²) in [6.07, 6.45) is 6.18. The summed E-state index contributed by atoms with van der Waals surface area (Å²) >= 11 is 0. The SMILES string of the molecule is COc1ccc2ncc(F)c(CCCC3(CO)CCN(CCCc4cc(F)c(F)c(F)c4)CC3)c2c1. The first-order valence-corrected chi connectivity index (χ1v) is 12.4. The van der Waals surface area contributed by atoms with Gasteiger partial charge in [-0.25, -0.2) is 17.6 Å². The van der Waals surface area contributed by atoms with Gasteiger partial charge in [0.25, 0.3) is 0 Å². The average Bonchev–Trinajstić information content (AvgIpc) is 2.89. The van der Waals surface area contributed by atoms with E-state index in [-0.39, 0.29) is 17.8 Å². The van der Waals surface area contributed by atoms with Crippen molar-refractivity contribution in [2.24, 2.45) is 5.41 Å². The Morgan fingerprint density at radius 3 is 2.36 bits per heavy atom. The Bertz CT molecular complexity index is 1170. The van der Waals surface area contributed by atoms with E-state index in [0.29, 0.717) is 36.1 Å². The number of hydrogen-bond donors (Lipinski definition) is 1. The number of aliphatic hydroxyl groups is 1. The summed E-state index contributed by atoms with van der Waals surface area (Å²) in [6.45, 7) is 2.48. The van der Waals surface area contributed by atoms with Gasteiger partial charge in [-0.2, -0.15) is 0 Å². The zero-order chi connectivity index (χ0) is 25.7. The van der Waals surface area contributed by atoms with Crippen LogP contribution >= 0.6 is 0 Å². The molecule has 1 aromatic heterocycles. The van der Waals surface area contributed by atoms with Crippen molar-refractivity contribution in [3.63, 3.8) is 0 Å². The van der Waals surface area contributed by atoms with Crippen molar-refractivity contribution in [1.82, 2.24) is 9.88 Å². The Hall–Kier alpha value is -2.71. The number of pyridine rings is 1. The predicted molar refractivity (Wildman–Crippen MR) is 131 cm³/mol. The molecule has 1 N–H and O–H groups in total. The van der Waals surface area contributed by atoms with Crippen LogP contribution in [0.5, 0.6) is 5.75 Å². The molecule has 0 amide bonds. The summed E-state index contributed by atoms with van der Waals surface area (Å²) < 4.78 is 59.9. The third-order valence-electron chi connectivity index (χ3n) is 7.50. The van der Waals surface area contributed by atoms with Crippen molar-refractivity contribution in [3.8, 4) is 5.75 Å². The van der Waals surface area contributed by atoms with Crippen molar-refractivity contribution in [3.05, 3.63) is 70.9 Å². The Kier molecular flexibility index (Phi) is 8.46. The van der Waals surface area contributed by atoms with Gasteiger partial charge in [0.1, 0.15) is 11.6 Å². The molecule has 0 radical (unpaired) electrons. The van der Waals surface area contributed by atoms with E-state index in [2.05, 4.69) is 9.88 Å². The lowest BCUT2D eigenvalue weighted by Gasteiger charge is -2.41. The summed E-state index contributed by atoms with van der Waals surface area (Å²) in [4.78, 5) is 6.46. The van der Waals surface area contributed by atoms with Crippen LogP contribution in [0.3, 0.4) is 0 Å². The summed E-state index contributed by atoms with van der Waals surface area (Å²) in [7, 11) is 1.58. The summed E-state index contributed by atoms with van der Waals surface area (Å²) in [5.41, 5.74) is 1.60. The lowest BCUT2D eigenvalue weighted by atomic mass is 9.75. The minimum atomic E-state index is -1.44. The molecular weight excluding hydrogens is 472 g/mol. The molecule has 1 aliphatic heterocycles. The van der Waals surface area contributed by atoms with Crippen LogP contribution in [0.1, 0.15) is 43.2 Å². The van der Waals surface area contributed by atoms with Crippen LogP contribution in [-0.2, 0) is 12.8 Å². The molecule has 0 spiro atoms. The quantitative estimate of drug-likeness (QED) is 0.279. The monoisotopic (exact) mass is 504 g/mol. The zero-order valence-electron chi connectivity index (χ0n) is 20.5. The Morgan fingerprint density at radius 2 is 1.69 bits per heavy atom. The van der Waals surface area contributed by atoms with Gasteiger partial charge in [0.05, 0.1) is 18.8 Å². The van der Waals surface area contributed by atoms with Crippen LogP contribution in [0.15, 0.2) is 36.5 Å². The maximum Gasteiger partial charge on any atom is 0.194 e. The second-order valence-electron chi connectivity index (χ2n) is 9.80. The van der Waals surface area contributed by atoms with Crippen LogP contribution in [-0.4, -0.2) is 48.3 Å². The van der Waals surface area contributed by atoms with Gasteiger partial charge in [0.2, 0.25) is 0 Å². The molecule has 0 bridgehead atoms. The van der Waals surface area contributed by atoms with Gasteiger partial charge in [-0.15, -0.1) is 0 Å². The number of likely N-dealkylation sites (tertiary alicyclic amines) is 1. The fraction of sp³-hybridized carbons (Fsp3) is 0.464. The van der Waals surface area contributed by atoms with Gasteiger partial charge >= 0.3 is 0 Å². The van der Waals surface area contributed by atoms with Gasteiger partial charge in [-0.3, -0.25) is 4.98 Å². The summed E-state index contributed by atoms with van der Waals surface area (Å²) in [5, 5.41) is 11.0. The number of rotatable bonds is 10. The molecular formula is C28H32F4N2O2. The molecule has 0 unspecified atom stereocenters. The van der Waals surface area contributed by atoms with Gasteiger partial charge in [-0.1, -0.05) is 0 Å². The fourth-order valence-electron chi connectivity index (χ4n) is 5.22. The molecule has 1 fully saturated rings. The van der Waals surface area contributed by atoms with Crippen molar-refractivity contribution in [2.75, 3.05) is 33.4 Å². The number of ether oxygens (including phenoxy) is 1. The number of aryl methyl sites for hydroxylation is 2. The van der Waals surface area contributed by atoms with Crippen molar-refractivity contribution in [1.29, 1.82) is 0 Å². The number of aliphatic hydroxyl groups excluding tert-OH is 1. The molecule has 0 aliphatic carbocycles. The number of nitrogens with zero attached hydrogens (tertiary/aromatic N) is 2. The minimum absolute atomic E-state index is 0.0857. The molecule has 1 aliphatic rings. The second kappa shape index (κ2) is 11.6. The number of methoxy groups -OCH3 is 1. The van der Waals surface area contributed by atoms with E-state index in [1.807, 2.05) is 18.2 Å². The normalized spacial score (nSPS) is 15.9. The highest BCUT2D eigenvalue weighted by atomic mass is 19.2. The Labute approximate surface area is 208 Å². The van der Waals surface area contributed by atoms with Gasteiger partial charge < -0.3 is 14.7 Å². The molecule has 0 atom stereocenters. The third-order valence-corrected chi connectivity index (χ3v) is 7.50. The topological polar surface area (TPSA) is 45.6 Å². The Balaban J connectivity index is 1.29. The van der Waals surface area contributed by atoms with E-state index >= 15 is 0 Å². The van der Waals surface area contributed by atoms with Gasteiger partial charge in [0, 0.05) is 12.0 Å². The highest BCUT2D eigenvalue weighted by Crippen LogP contribution is 2.37. The lowest BCUT2D eigenvalue weighted by molar-refractivity contribution is 0.0353. The van der Waals surface area contributed by atoms with Crippen molar-refractivity contribution >= 4 is 10.9 Å². The minimum Gasteiger partial charge on any atom is -0.497 e. The van der Waals surface area contributed by atoms with Gasteiger partial charge in [-0.05, 0) is 111 Å². The summed E-state index contributed by atoms with van der Waals surface area (Å²) in [5.74, 6) is -3.42. The molecule has 8 heteroatoms. The second-order valence-corrected chi connectivity index (χ2v) is 9.80. The van der Waals surface area contributed by atoms with Crippen molar-refractivity contribution < 1.29 is 27.4 Å². The number of halogens is 4. The van der Waals surface area contributed by atoms with E-state index in [9.17, 15) is 22.7 Å². The molecule has 3 aromatic rings. The molecule has 1 saturated heterocycles. The van der Waals surface area contributed by atoms with E-state index in [0.717, 1.165) is 68.4 Å². The highest BCUT2D eigenvalue weighted by Gasteiger charge is 2.33. The maximum absolute atomic E-state index is 14.6. The molecule has 0 saturated carbocycles. The first-order chi connectivity index (χ1) is 17.3. The zero-order valence-corrected chi connectivity index (χ0v) is 20.5. The number of piperidine rings is 1. The number of hydrogen-bond acceptors (Lipinski definition) is 4. The molecule has 2 heterocycles. The molecule has 194 valence electrons.